The third-order valence-corrected chi connectivity index (χ3v) is 2.34. The van der Waals surface area contributed by atoms with E-state index in [0.717, 1.165) is 18.5 Å². The number of benzene rings is 1. The quantitative estimate of drug-likeness (QED) is 0.734. The number of amides is 1. The van der Waals surface area contributed by atoms with Crippen LogP contribution in [0.2, 0.25) is 0 Å². The summed E-state index contributed by atoms with van der Waals surface area (Å²) in [7, 11) is 0. The van der Waals surface area contributed by atoms with Crippen molar-refractivity contribution in [3.63, 3.8) is 0 Å². The molecule has 17 heavy (non-hydrogen) atoms. The van der Waals surface area contributed by atoms with Crippen molar-refractivity contribution in [2.75, 3.05) is 11.9 Å². The molecule has 0 aromatic heterocycles. The average molecular weight is 230 g/mol. The fourth-order valence-electron chi connectivity index (χ4n) is 1.47. The second kappa shape index (κ2) is 7.34. The molecule has 0 saturated carbocycles. The van der Waals surface area contributed by atoms with Crippen LogP contribution in [0, 0.1) is 12.3 Å². The van der Waals surface area contributed by atoms with Crippen molar-refractivity contribution in [1.82, 2.24) is 5.32 Å². The molecule has 1 aromatic carbocycles. The highest BCUT2D eigenvalue weighted by molar-refractivity contribution is 5.81. The Morgan fingerprint density at radius 1 is 1.41 bits per heavy atom. The van der Waals surface area contributed by atoms with Gasteiger partial charge in [0.1, 0.15) is 0 Å². The molecule has 0 aliphatic rings. The van der Waals surface area contributed by atoms with Crippen LogP contribution in [0.25, 0.3) is 0 Å². The third-order valence-electron chi connectivity index (χ3n) is 2.34. The Morgan fingerprint density at radius 3 is 2.71 bits per heavy atom. The first kappa shape index (κ1) is 13.1. The second-order valence-corrected chi connectivity index (χ2v) is 3.80. The van der Waals surface area contributed by atoms with Gasteiger partial charge in [-0.3, -0.25) is 4.79 Å². The van der Waals surface area contributed by atoms with Crippen molar-refractivity contribution >= 4 is 11.6 Å². The molecule has 0 heterocycles. The van der Waals surface area contributed by atoms with E-state index in [1.54, 1.807) is 0 Å². The number of carbonyl (C=O) groups is 1. The van der Waals surface area contributed by atoms with E-state index in [4.69, 9.17) is 6.42 Å². The normalized spacial score (nSPS) is 11.3. The molecule has 2 N–H and O–H groups in total. The first-order chi connectivity index (χ1) is 8.26. The summed E-state index contributed by atoms with van der Waals surface area (Å²) in [6, 6.07) is 9.44. The van der Waals surface area contributed by atoms with Gasteiger partial charge in [0.05, 0.1) is 12.6 Å². The standard InChI is InChI=1S/C14H18N2O/c1-3-8-12(4-2)16-14(17)11-15-13-9-6-5-7-10-13/h2,5-7,9-10,12,15H,3,8,11H2,1H3,(H,16,17). The maximum Gasteiger partial charge on any atom is 0.240 e. The van der Waals surface area contributed by atoms with Crippen LogP contribution in [0.3, 0.4) is 0 Å². The van der Waals surface area contributed by atoms with Crippen LogP contribution in [0.15, 0.2) is 30.3 Å². The first-order valence-electron chi connectivity index (χ1n) is 5.80. The van der Waals surface area contributed by atoms with Crippen molar-refractivity contribution in [2.45, 2.75) is 25.8 Å². The third kappa shape index (κ3) is 5.07. The predicted octanol–water partition coefficient (Wildman–Crippen LogP) is 2.02. The highest BCUT2D eigenvalue weighted by atomic mass is 16.1. The minimum atomic E-state index is -0.162. The molecule has 0 saturated heterocycles. The molecular weight excluding hydrogens is 212 g/mol. The van der Waals surface area contributed by atoms with E-state index in [-0.39, 0.29) is 18.5 Å². The van der Waals surface area contributed by atoms with E-state index >= 15 is 0 Å². The summed E-state index contributed by atoms with van der Waals surface area (Å²) in [6.07, 6.45) is 7.10. The SMILES string of the molecule is C#CC(CCC)NC(=O)CNc1ccccc1. The molecule has 90 valence electrons. The van der Waals surface area contributed by atoms with Crippen LogP contribution in [0.4, 0.5) is 5.69 Å². The van der Waals surface area contributed by atoms with Crippen LogP contribution < -0.4 is 10.6 Å². The fraction of sp³-hybridized carbons (Fsp3) is 0.357. The Labute approximate surface area is 103 Å². The maximum absolute atomic E-state index is 11.6. The van der Waals surface area contributed by atoms with Gasteiger partial charge in [-0.05, 0) is 18.6 Å². The van der Waals surface area contributed by atoms with Crippen LogP contribution in [-0.2, 0) is 4.79 Å². The summed E-state index contributed by atoms with van der Waals surface area (Å²) < 4.78 is 0. The molecule has 1 rings (SSSR count). The van der Waals surface area contributed by atoms with Crippen LogP contribution in [-0.4, -0.2) is 18.5 Å². The van der Waals surface area contributed by atoms with E-state index in [9.17, 15) is 4.79 Å². The van der Waals surface area contributed by atoms with Crippen molar-refractivity contribution in [3.8, 4) is 12.3 Å². The number of hydrogen-bond donors (Lipinski definition) is 2. The van der Waals surface area contributed by atoms with Gasteiger partial charge in [-0.1, -0.05) is 37.5 Å². The lowest BCUT2D eigenvalue weighted by atomic mass is 10.2. The summed E-state index contributed by atoms with van der Waals surface area (Å²) in [6.45, 7) is 2.28. The van der Waals surface area contributed by atoms with Crippen molar-refractivity contribution < 1.29 is 4.79 Å². The molecule has 0 aliphatic heterocycles. The molecule has 0 fully saturated rings. The summed E-state index contributed by atoms with van der Waals surface area (Å²) in [5.41, 5.74) is 0.926. The van der Waals surface area contributed by atoms with Gasteiger partial charge in [-0.2, -0.15) is 0 Å². The minimum absolute atomic E-state index is 0.0785. The van der Waals surface area contributed by atoms with Crippen molar-refractivity contribution in [2.24, 2.45) is 0 Å². The number of carbonyl (C=O) groups excluding carboxylic acids is 1. The summed E-state index contributed by atoms with van der Waals surface area (Å²) in [5, 5.41) is 5.84. The molecule has 0 radical (unpaired) electrons. The van der Waals surface area contributed by atoms with Gasteiger partial charge < -0.3 is 10.6 Å². The van der Waals surface area contributed by atoms with Gasteiger partial charge in [-0.25, -0.2) is 0 Å². The zero-order valence-electron chi connectivity index (χ0n) is 10.1. The van der Waals surface area contributed by atoms with Gasteiger partial charge >= 0.3 is 0 Å². The number of para-hydroxylation sites is 1. The topological polar surface area (TPSA) is 41.1 Å². The molecule has 1 amide bonds. The van der Waals surface area contributed by atoms with E-state index < -0.39 is 0 Å². The molecule has 0 bridgehead atoms. The molecule has 0 spiro atoms. The highest BCUT2D eigenvalue weighted by Crippen LogP contribution is 2.03. The smallest absolute Gasteiger partial charge is 0.240 e. The van der Waals surface area contributed by atoms with Crippen molar-refractivity contribution in [3.05, 3.63) is 30.3 Å². The van der Waals surface area contributed by atoms with Crippen LogP contribution in [0.1, 0.15) is 19.8 Å². The number of nitrogens with one attached hydrogen (secondary N) is 2. The van der Waals surface area contributed by atoms with E-state index in [2.05, 4.69) is 16.6 Å². The number of anilines is 1. The van der Waals surface area contributed by atoms with Gasteiger partial charge in [0.15, 0.2) is 0 Å². The lowest BCUT2D eigenvalue weighted by molar-refractivity contribution is -0.119. The molecule has 1 atom stereocenters. The van der Waals surface area contributed by atoms with Gasteiger partial charge in [-0.15, -0.1) is 6.42 Å². The molecule has 1 unspecified atom stereocenters. The lowest BCUT2D eigenvalue weighted by Gasteiger charge is -2.12. The number of rotatable bonds is 6. The zero-order chi connectivity index (χ0) is 12.5. The minimum Gasteiger partial charge on any atom is -0.376 e. The zero-order valence-corrected chi connectivity index (χ0v) is 10.1. The molecule has 0 aliphatic carbocycles. The summed E-state index contributed by atoms with van der Waals surface area (Å²) in [4.78, 5) is 11.6. The first-order valence-corrected chi connectivity index (χ1v) is 5.80. The number of terminal acetylenes is 1. The highest BCUT2D eigenvalue weighted by Gasteiger charge is 2.07. The van der Waals surface area contributed by atoms with Crippen LogP contribution >= 0.6 is 0 Å². The van der Waals surface area contributed by atoms with Crippen molar-refractivity contribution in [1.29, 1.82) is 0 Å². The Balaban J connectivity index is 2.33. The van der Waals surface area contributed by atoms with Gasteiger partial charge in [0.2, 0.25) is 5.91 Å². The fourth-order valence-corrected chi connectivity index (χ4v) is 1.47. The van der Waals surface area contributed by atoms with E-state index in [1.807, 2.05) is 37.3 Å². The Bertz CT molecular complexity index is 381. The van der Waals surface area contributed by atoms with Gasteiger partial charge in [0.25, 0.3) is 0 Å². The van der Waals surface area contributed by atoms with Crippen LogP contribution in [0.5, 0.6) is 0 Å². The molecule has 1 aromatic rings. The van der Waals surface area contributed by atoms with Gasteiger partial charge in [0, 0.05) is 5.69 Å². The average Bonchev–Trinajstić information content (AvgIpc) is 2.37. The predicted molar refractivity (Wildman–Crippen MR) is 70.6 cm³/mol. The Morgan fingerprint density at radius 2 is 2.12 bits per heavy atom. The summed E-state index contributed by atoms with van der Waals surface area (Å²) in [5.74, 6) is 2.49. The Kier molecular flexibility index (Phi) is 5.67. The molecule has 3 heteroatoms. The van der Waals surface area contributed by atoms with E-state index in [0.29, 0.717) is 0 Å². The monoisotopic (exact) mass is 230 g/mol. The molecule has 3 nitrogen and oxygen atoms in total. The summed E-state index contributed by atoms with van der Waals surface area (Å²) >= 11 is 0. The number of hydrogen-bond acceptors (Lipinski definition) is 2. The lowest BCUT2D eigenvalue weighted by Crippen LogP contribution is -2.37. The molecular formula is C14H18N2O. The largest absolute Gasteiger partial charge is 0.376 e. The van der Waals surface area contributed by atoms with E-state index in [1.165, 1.54) is 0 Å². The second-order valence-electron chi connectivity index (χ2n) is 3.80. The maximum atomic E-state index is 11.6. The Hall–Kier alpha value is -1.95.